The number of rotatable bonds is 33. The van der Waals surface area contributed by atoms with Crippen molar-refractivity contribution in [2.24, 2.45) is 5.92 Å². The lowest BCUT2D eigenvalue weighted by Gasteiger charge is -2.43. The van der Waals surface area contributed by atoms with Crippen molar-refractivity contribution >= 4 is 18.7 Å². The second-order valence-corrected chi connectivity index (χ2v) is 19.8. The van der Waals surface area contributed by atoms with Gasteiger partial charge in [0.25, 0.3) is 8.32 Å². The van der Waals surface area contributed by atoms with Crippen molar-refractivity contribution < 1.29 is 24.5 Å². The van der Waals surface area contributed by atoms with Crippen molar-refractivity contribution in [2.75, 3.05) is 26.4 Å². The predicted octanol–water partition coefficient (Wildman–Crippen LogP) is 10.1. The second kappa shape index (κ2) is 28.0. The molecular formula is C45H78O5Si. The molecule has 2 aromatic carbocycles. The van der Waals surface area contributed by atoms with Gasteiger partial charge >= 0.3 is 0 Å². The summed E-state index contributed by atoms with van der Waals surface area (Å²) in [7, 11) is -3.11. The molecule has 0 saturated heterocycles. The van der Waals surface area contributed by atoms with Crippen LogP contribution >= 0.6 is 0 Å². The zero-order valence-electron chi connectivity index (χ0n) is 33.3. The van der Waals surface area contributed by atoms with Gasteiger partial charge in [0, 0.05) is 19.1 Å². The minimum absolute atomic E-state index is 0.203. The van der Waals surface area contributed by atoms with Gasteiger partial charge in [-0.1, -0.05) is 191 Å². The Labute approximate surface area is 315 Å². The van der Waals surface area contributed by atoms with E-state index in [0.717, 1.165) is 87.8 Å². The zero-order valence-corrected chi connectivity index (χ0v) is 34.3. The highest BCUT2D eigenvalue weighted by molar-refractivity contribution is 6.98. The number of aliphatic hydroxyl groups is 2. The third-order valence-corrected chi connectivity index (χ3v) is 15.3. The molecule has 3 N–H and O–H groups in total. The van der Waals surface area contributed by atoms with E-state index >= 15 is 0 Å². The summed E-state index contributed by atoms with van der Waals surface area (Å²) in [6.45, 7) is 11.8. The van der Waals surface area contributed by atoms with Gasteiger partial charge in [-0.15, -0.1) is 0 Å². The van der Waals surface area contributed by atoms with E-state index in [1.165, 1.54) is 64.2 Å². The molecule has 0 radical (unpaired) electrons. The fourth-order valence-electron chi connectivity index (χ4n) is 7.61. The van der Waals surface area contributed by atoms with Gasteiger partial charge in [-0.05, 0) is 47.5 Å². The molecular weight excluding hydrogens is 649 g/mol. The van der Waals surface area contributed by atoms with Crippen LogP contribution in [-0.4, -0.2) is 62.0 Å². The summed E-state index contributed by atoms with van der Waals surface area (Å²) in [5, 5.41) is 22.4. The molecule has 51 heavy (non-hydrogen) atoms. The summed E-state index contributed by atoms with van der Waals surface area (Å²) >= 11 is 0. The Morgan fingerprint density at radius 2 is 0.882 bits per heavy atom. The van der Waals surface area contributed by atoms with E-state index in [2.05, 4.69) is 52.0 Å². The minimum atomic E-state index is -3.11. The fourth-order valence-corrected chi connectivity index (χ4v) is 11.4. The molecule has 6 heteroatoms. The molecule has 0 aliphatic rings. The minimum Gasteiger partial charge on any atom is -0.424 e. The van der Waals surface area contributed by atoms with Crippen molar-refractivity contribution in [2.45, 2.75) is 180 Å². The van der Waals surface area contributed by atoms with Crippen LogP contribution in [0.25, 0.3) is 0 Å². The molecule has 0 spiro atoms. The highest BCUT2D eigenvalue weighted by Crippen LogP contribution is 2.41. The monoisotopic (exact) mass is 727 g/mol. The Morgan fingerprint density at radius 3 is 1.27 bits per heavy atom. The van der Waals surface area contributed by atoms with Gasteiger partial charge in [-0.3, -0.25) is 0 Å². The highest BCUT2D eigenvalue weighted by atomic mass is 28.4. The van der Waals surface area contributed by atoms with Crippen LogP contribution in [0.3, 0.4) is 0 Å². The average molecular weight is 727 g/mol. The number of hydrogen-bond donors (Lipinski definition) is 3. The number of benzene rings is 2. The molecule has 0 aliphatic carbocycles. The first-order chi connectivity index (χ1) is 24.8. The molecule has 2 rings (SSSR count). The van der Waals surface area contributed by atoms with E-state index in [1.54, 1.807) is 0 Å². The summed E-state index contributed by atoms with van der Waals surface area (Å²) in [5.74, 6) is 0.203. The van der Waals surface area contributed by atoms with Gasteiger partial charge in [0.1, 0.15) is 0 Å². The molecule has 5 nitrogen and oxygen atoms in total. The first kappa shape index (κ1) is 45.6. The highest BCUT2D eigenvalue weighted by Gasteiger charge is 2.50. The van der Waals surface area contributed by atoms with Crippen molar-refractivity contribution in [3.63, 3.8) is 0 Å². The van der Waals surface area contributed by atoms with Crippen LogP contribution in [-0.2, 0) is 9.47 Å². The van der Waals surface area contributed by atoms with Gasteiger partial charge < -0.3 is 24.5 Å². The lowest BCUT2D eigenvalue weighted by atomic mass is 9.97. The third kappa shape index (κ3) is 18.4. The van der Waals surface area contributed by atoms with Crippen LogP contribution in [0.2, 0.25) is 5.04 Å². The normalized spacial score (nSPS) is 14.1. The maximum atomic E-state index is 12.7. The van der Waals surface area contributed by atoms with E-state index < -0.39 is 20.5 Å². The standard InChI is InChI=1S/C45H78O5Si/c1-5-7-9-11-15-25-33-43(46)44(47)34-26-16-13-14-18-28-36-50-39-40(38-49-35-27-17-12-10-8-6-2)37-45(3,4)51(48,41-29-21-19-22-30-41)42-31-23-20-24-32-42/h19-24,29-32,40,43-44,46-48H,5-18,25-28,33-39H2,1-4H3. The predicted molar refractivity (Wildman–Crippen MR) is 220 cm³/mol. The molecule has 0 fully saturated rings. The van der Waals surface area contributed by atoms with Gasteiger partial charge in [-0.2, -0.15) is 0 Å². The van der Waals surface area contributed by atoms with E-state index in [9.17, 15) is 15.0 Å². The maximum Gasteiger partial charge on any atom is 0.258 e. The Bertz CT molecular complexity index is 1030. The van der Waals surface area contributed by atoms with E-state index in [0.29, 0.717) is 19.6 Å². The summed E-state index contributed by atoms with van der Waals surface area (Å²) in [6.07, 6.45) is 22.4. The lowest BCUT2D eigenvalue weighted by Crippen LogP contribution is -2.65. The fraction of sp³-hybridized carbons (Fsp3) is 0.733. The summed E-state index contributed by atoms with van der Waals surface area (Å²) in [6, 6.07) is 20.6. The Hall–Kier alpha value is -1.54. The third-order valence-electron chi connectivity index (χ3n) is 10.8. The topological polar surface area (TPSA) is 79.2 Å². The summed E-state index contributed by atoms with van der Waals surface area (Å²) < 4.78 is 12.6. The van der Waals surface area contributed by atoms with E-state index in [4.69, 9.17) is 9.47 Å². The molecule has 0 saturated carbocycles. The number of hydrogen-bond acceptors (Lipinski definition) is 5. The van der Waals surface area contributed by atoms with Gasteiger partial charge in [-0.25, -0.2) is 0 Å². The Balaban J connectivity index is 1.80. The van der Waals surface area contributed by atoms with Gasteiger partial charge in [0.2, 0.25) is 0 Å². The van der Waals surface area contributed by atoms with E-state index in [1.807, 2.05) is 36.4 Å². The maximum absolute atomic E-state index is 12.7. The molecule has 0 amide bonds. The quantitative estimate of drug-likeness (QED) is 0.0504. The van der Waals surface area contributed by atoms with Crippen LogP contribution in [0, 0.1) is 5.92 Å². The van der Waals surface area contributed by atoms with Crippen molar-refractivity contribution in [1.29, 1.82) is 0 Å². The molecule has 0 heterocycles. The average Bonchev–Trinajstić information content (AvgIpc) is 3.14. The Morgan fingerprint density at radius 1 is 0.529 bits per heavy atom. The van der Waals surface area contributed by atoms with Crippen LogP contribution in [0.15, 0.2) is 60.7 Å². The van der Waals surface area contributed by atoms with Crippen LogP contribution < -0.4 is 10.4 Å². The van der Waals surface area contributed by atoms with Gasteiger partial charge in [0.15, 0.2) is 0 Å². The number of unbranched alkanes of at least 4 members (excludes halogenated alkanes) is 15. The zero-order chi connectivity index (χ0) is 37.0. The molecule has 0 aliphatic heterocycles. The largest absolute Gasteiger partial charge is 0.424 e. The van der Waals surface area contributed by atoms with Crippen LogP contribution in [0.1, 0.15) is 163 Å². The molecule has 0 bridgehead atoms. The number of ether oxygens (including phenoxy) is 2. The van der Waals surface area contributed by atoms with Crippen molar-refractivity contribution in [3.05, 3.63) is 60.7 Å². The molecule has 0 aromatic heterocycles. The molecule has 3 atom stereocenters. The SMILES string of the molecule is CCCCCCCCOCC(COCCCCCCCCC(O)C(O)CCCCCCCC)CC(C)(C)[Si](O)(c1ccccc1)c1ccccc1. The van der Waals surface area contributed by atoms with Crippen molar-refractivity contribution in [3.8, 4) is 0 Å². The molecule has 2 aromatic rings. The summed E-state index contributed by atoms with van der Waals surface area (Å²) in [5.41, 5.74) is 0. The molecule has 3 unspecified atom stereocenters. The van der Waals surface area contributed by atoms with Gasteiger partial charge in [0.05, 0.1) is 25.4 Å². The first-order valence-electron chi connectivity index (χ1n) is 21.1. The number of aliphatic hydroxyl groups excluding tert-OH is 2. The first-order valence-corrected chi connectivity index (χ1v) is 23.1. The van der Waals surface area contributed by atoms with Crippen molar-refractivity contribution in [1.82, 2.24) is 0 Å². The molecule has 292 valence electrons. The second-order valence-electron chi connectivity index (χ2n) is 15.9. The summed E-state index contributed by atoms with van der Waals surface area (Å²) in [4.78, 5) is 12.7. The smallest absolute Gasteiger partial charge is 0.258 e. The Kier molecular flexibility index (Phi) is 25.0. The van der Waals surface area contributed by atoms with E-state index in [-0.39, 0.29) is 11.0 Å². The van der Waals surface area contributed by atoms with Crippen LogP contribution in [0.5, 0.6) is 0 Å². The lowest BCUT2D eigenvalue weighted by molar-refractivity contribution is 0.00710. The van der Waals surface area contributed by atoms with Crippen LogP contribution in [0.4, 0.5) is 0 Å².